The van der Waals surface area contributed by atoms with Crippen molar-refractivity contribution in [2.24, 2.45) is 5.92 Å². The summed E-state index contributed by atoms with van der Waals surface area (Å²) in [6, 6.07) is 7.96. The number of nitrogens with two attached hydrogens (primary N) is 1. The monoisotopic (exact) mass is 402 g/mol. The number of pyridine rings is 1. The second-order valence-corrected chi connectivity index (χ2v) is 7.46. The Morgan fingerprint density at radius 2 is 2.07 bits per heavy atom. The average Bonchev–Trinajstić information content (AvgIpc) is 2.69. The van der Waals surface area contributed by atoms with Gasteiger partial charge in [-0.3, -0.25) is 4.79 Å². The first-order valence-corrected chi connectivity index (χ1v) is 9.32. The van der Waals surface area contributed by atoms with E-state index in [0.717, 1.165) is 24.1 Å². The minimum Gasteiger partial charge on any atom is -0.383 e. The Morgan fingerprint density at radius 1 is 1.31 bits per heavy atom. The number of carbonyl (C=O) groups excluding carboxylic acids is 1. The molecule has 152 valence electrons. The van der Waals surface area contributed by atoms with Gasteiger partial charge in [0.15, 0.2) is 0 Å². The van der Waals surface area contributed by atoms with Gasteiger partial charge < -0.3 is 11.1 Å². The highest BCUT2D eigenvalue weighted by molar-refractivity contribution is 5.94. The van der Waals surface area contributed by atoms with Crippen LogP contribution in [0.3, 0.4) is 0 Å². The van der Waals surface area contributed by atoms with Crippen molar-refractivity contribution in [3.05, 3.63) is 58.8 Å². The predicted octanol–water partition coefficient (Wildman–Crippen LogP) is 4.26. The summed E-state index contributed by atoms with van der Waals surface area (Å²) >= 11 is 0. The Kier molecular flexibility index (Phi) is 5.78. The van der Waals surface area contributed by atoms with Crippen molar-refractivity contribution in [3.8, 4) is 6.07 Å². The molecule has 0 aliphatic heterocycles. The van der Waals surface area contributed by atoms with Gasteiger partial charge in [0.05, 0.1) is 11.1 Å². The zero-order valence-corrected chi connectivity index (χ0v) is 15.8. The van der Waals surface area contributed by atoms with Crippen LogP contribution in [0.2, 0.25) is 0 Å². The maximum absolute atomic E-state index is 12.9. The largest absolute Gasteiger partial charge is 0.416 e. The summed E-state index contributed by atoms with van der Waals surface area (Å²) in [5.41, 5.74) is 6.32. The third kappa shape index (κ3) is 4.67. The number of benzene rings is 1. The van der Waals surface area contributed by atoms with Crippen LogP contribution in [0.25, 0.3) is 0 Å². The van der Waals surface area contributed by atoms with Crippen molar-refractivity contribution >= 4 is 11.7 Å². The van der Waals surface area contributed by atoms with E-state index >= 15 is 0 Å². The number of nitriles is 1. The molecule has 3 atom stereocenters. The van der Waals surface area contributed by atoms with E-state index in [1.807, 2.05) is 0 Å². The molecule has 0 spiro atoms. The number of alkyl halides is 3. The Labute approximate surface area is 166 Å². The summed E-state index contributed by atoms with van der Waals surface area (Å²) in [4.78, 5) is 16.6. The molecule has 0 bridgehead atoms. The zero-order valence-electron chi connectivity index (χ0n) is 15.8. The van der Waals surface area contributed by atoms with Crippen molar-refractivity contribution in [2.45, 2.75) is 44.3 Å². The van der Waals surface area contributed by atoms with E-state index in [1.54, 1.807) is 6.07 Å². The van der Waals surface area contributed by atoms with Crippen molar-refractivity contribution in [1.29, 1.82) is 5.26 Å². The maximum Gasteiger partial charge on any atom is 0.416 e. The fourth-order valence-corrected chi connectivity index (χ4v) is 3.84. The number of amides is 1. The number of anilines is 1. The van der Waals surface area contributed by atoms with E-state index in [0.29, 0.717) is 24.2 Å². The number of halogens is 3. The number of hydrogen-bond acceptors (Lipinski definition) is 4. The lowest BCUT2D eigenvalue weighted by atomic mass is 9.74. The van der Waals surface area contributed by atoms with Crippen LogP contribution < -0.4 is 11.1 Å². The van der Waals surface area contributed by atoms with Crippen LogP contribution in [-0.2, 0) is 6.18 Å². The Hall–Kier alpha value is -3.08. The first-order chi connectivity index (χ1) is 13.7. The molecule has 1 fully saturated rings. The van der Waals surface area contributed by atoms with Gasteiger partial charge in [0.25, 0.3) is 5.91 Å². The summed E-state index contributed by atoms with van der Waals surface area (Å²) in [6.45, 7) is 2.08. The number of carbonyl (C=O) groups is 1. The highest BCUT2D eigenvalue weighted by Gasteiger charge is 2.33. The molecule has 1 aromatic heterocycles. The summed E-state index contributed by atoms with van der Waals surface area (Å²) in [7, 11) is 0. The summed E-state index contributed by atoms with van der Waals surface area (Å²) < 4.78 is 38.7. The summed E-state index contributed by atoms with van der Waals surface area (Å²) in [5.74, 6) is 0.0862. The van der Waals surface area contributed by atoms with Crippen LogP contribution in [0.5, 0.6) is 0 Å². The van der Waals surface area contributed by atoms with Gasteiger partial charge in [0, 0.05) is 17.8 Å². The van der Waals surface area contributed by atoms with Crippen LogP contribution >= 0.6 is 0 Å². The standard InChI is InChI=1S/C21H21F3N4O/c1-12-5-6-16(9-17(12)18-7-13(10-25)11-27-19(18)26)28-20(29)14-3-2-4-15(8-14)21(22,23)24/h2-4,7-8,11-12,16-17H,5-6,9H2,1H3,(H2,26,27)(H,28,29). The Morgan fingerprint density at radius 3 is 2.76 bits per heavy atom. The van der Waals surface area contributed by atoms with Crippen LogP contribution in [0, 0.1) is 17.2 Å². The van der Waals surface area contributed by atoms with E-state index in [9.17, 15) is 18.0 Å². The Balaban J connectivity index is 1.76. The number of nitrogens with one attached hydrogen (secondary N) is 1. The first-order valence-electron chi connectivity index (χ1n) is 9.32. The van der Waals surface area contributed by atoms with E-state index in [-0.39, 0.29) is 23.4 Å². The average molecular weight is 402 g/mol. The van der Waals surface area contributed by atoms with Gasteiger partial charge >= 0.3 is 6.18 Å². The molecule has 3 unspecified atom stereocenters. The molecule has 1 saturated carbocycles. The molecule has 1 aliphatic carbocycles. The minimum absolute atomic E-state index is 0.00337. The number of hydrogen-bond donors (Lipinski definition) is 2. The number of rotatable bonds is 3. The smallest absolute Gasteiger partial charge is 0.383 e. The summed E-state index contributed by atoms with van der Waals surface area (Å²) in [5, 5.41) is 12.0. The molecule has 0 radical (unpaired) electrons. The lowest BCUT2D eigenvalue weighted by Crippen LogP contribution is -2.40. The number of nitrogen functional groups attached to an aromatic ring is 1. The zero-order chi connectivity index (χ0) is 21.2. The van der Waals surface area contributed by atoms with Gasteiger partial charge in [-0.1, -0.05) is 13.0 Å². The molecule has 1 heterocycles. The van der Waals surface area contributed by atoms with Crippen molar-refractivity contribution in [2.75, 3.05) is 5.73 Å². The molecule has 29 heavy (non-hydrogen) atoms. The molecule has 1 amide bonds. The lowest BCUT2D eigenvalue weighted by molar-refractivity contribution is -0.137. The topological polar surface area (TPSA) is 91.8 Å². The fourth-order valence-electron chi connectivity index (χ4n) is 3.84. The molecule has 2 aromatic rings. The molecular weight excluding hydrogens is 381 g/mol. The predicted molar refractivity (Wildman–Crippen MR) is 102 cm³/mol. The Bertz CT molecular complexity index is 952. The quantitative estimate of drug-likeness (QED) is 0.803. The van der Waals surface area contributed by atoms with Crippen LogP contribution in [-0.4, -0.2) is 16.9 Å². The van der Waals surface area contributed by atoms with E-state index in [2.05, 4.69) is 23.3 Å². The van der Waals surface area contributed by atoms with E-state index < -0.39 is 17.6 Å². The maximum atomic E-state index is 12.9. The van der Waals surface area contributed by atoms with Crippen LogP contribution in [0.1, 0.15) is 59.2 Å². The lowest BCUT2D eigenvalue weighted by Gasteiger charge is -2.35. The highest BCUT2D eigenvalue weighted by Crippen LogP contribution is 2.39. The van der Waals surface area contributed by atoms with Gasteiger partial charge in [-0.2, -0.15) is 18.4 Å². The second kappa shape index (κ2) is 8.11. The second-order valence-electron chi connectivity index (χ2n) is 7.46. The molecule has 1 aromatic carbocycles. The molecule has 3 rings (SSSR count). The third-order valence-corrected chi connectivity index (χ3v) is 5.46. The molecule has 0 saturated heterocycles. The summed E-state index contributed by atoms with van der Waals surface area (Å²) in [6.07, 6.45) is -0.980. The molecule has 1 aliphatic rings. The molecular formula is C21H21F3N4O. The third-order valence-electron chi connectivity index (χ3n) is 5.46. The molecule has 5 nitrogen and oxygen atoms in total. The van der Waals surface area contributed by atoms with Gasteiger partial charge in [-0.15, -0.1) is 0 Å². The van der Waals surface area contributed by atoms with Crippen LogP contribution in [0.15, 0.2) is 36.5 Å². The van der Waals surface area contributed by atoms with Crippen LogP contribution in [0.4, 0.5) is 19.0 Å². The fraction of sp³-hybridized carbons (Fsp3) is 0.381. The van der Waals surface area contributed by atoms with Gasteiger partial charge in [-0.25, -0.2) is 4.98 Å². The van der Waals surface area contributed by atoms with Gasteiger partial charge in [0.1, 0.15) is 11.9 Å². The van der Waals surface area contributed by atoms with Crippen molar-refractivity contribution < 1.29 is 18.0 Å². The van der Waals surface area contributed by atoms with E-state index in [4.69, 9.17) is 11.0 Å². The van der Waals surface area contributed by atoms with E-state index in [1.165, 1.54) is 18.3 Å². The van der Waals surface area contributed by atoms with Gasteiger partial charge in [-0.05, 0) is 60.9 Å². The normalized spacial score (nSPS) is 22.0. The van der Waals surface area contributed by atoms with Crippen molar-refractivity contribution in [1.82, 2.24) is 10.3 Å². The highest BCUT2D eigenvalue weighted by atomic mass is 19.4. The number of aromatic nitrogens is 1. The molecule has 3 N–H and O–H groups in total. The van der Waals surface area contributed by atoms with Gasteiger partial charge in [0.2, 0.25) is 0 Å². The molecule has 8 heteroatoms. The number of nitrogens with zero attached hydrogens (tertiary/aromatic N) is 2. The first kappa shape index (κ1) is 20.6. The minimum atomic E-state index is -4.50. The van der Waals surface area contributed by atoms with Crippen molar-refractivity contribution in [3.63, 3.8) is 0 Å². The SMILES string of the molecule is CC1CCC(NC(=O)c2cccc(C(F)(F)F)c2)CC1c1cc(C#N)cnc1N.